The number of carbonyl (C=O) groups is 3. The number of hydrogen-bond donors (Lipinski definition) is 3. The molecule has 3 N–H and O–H groups in total. The molecule has 7 nitrogen and oxygen atoms in total. The summed E-state index contributed by atoms with van der Waals surface area (Å²) >= 11 is 0. The lowest BCUT2D eigenvalue weighted by molar-refractivity contribution is -0.137. The maximum absolute atomic E-state index is 12.2. The predicted molar refractivity (Wildman–Crippen MR) is 77.8 cm³/mol. The topological polar surface area (TPSA) is 98.7 Å². The highest BCUT2D eigenvalue weighted by molar-refractivity contribution is 5.84. The van der Waals surface area contributed by atoms with Crippen molar-refractivity contribution in [1.82, 2.24) is 15.5 Å². The predicted octanol–water partition coefficient (Wildman–Crippen LogP) is 0.797. The molecule has 1 fully saturated rings. The fourth-order valence-electron chi connectivity index (χ4n) is 2.37. The molecule has 0 aliphatic carbocycles. The van der Waals surface area contributed by atoms with E-state index >= 15 is 0 Å². The van der Waals surface area contributed by atoms with Crippen LogP contribution in [-0.4, -0.2) is 53.6 Å². The van der Waals surface area contributed by atoms with E-state index in [1.807, 2.05) is 20.8 Å². The van der Waals surface area contributed by atoms with E-state index in [-0.39, 0.29) is 30.3 Å². The summed E-state index contributed by atoms with van der Waals surface area (Å²) in [6, 6.07) is -0.816. The van der Waals surface area contributed by atoms with Crippen LogP contribution >= 0.6 is 0 Å². The third-order valence-corrected chi connectivity index (χ3v) is 3.16. The highest BCUT2D eigenvalue weighted by atomic mass is 16.4. The van der Waals surface area contributed by atoms with Crippen molar-refractivity contribution in [1.29, 1.82) is 0 Å². The fraction of sp³-hybridized carbons (Fsp3) is 0.786. The number of carboxylic acids is 1. The number of hydrogen-bond acceptors (Lipinski definition) is 3. The Kier molecular flexibility index (Phi) is 5.99. The minimum atomic E-state index is -0.946. The third-order valence-electron chi connectivity index (χ3n) is 3.16. The zero-order chi connectivity index (χ0) is 16.0. The van der Waals surface area contributed by atoms with Gasteiger partial charge in [-0.1, -0.05) is 20.8 Å². The van der Waals surface area contributed by atoms with Crippen molar-refractivity contribution >= 4 is 17.9 Å². The summed E-state index contributed by atoms with van der Waals surface area (Å²) in [6.07, 6.45) is 1.14. The Balaban J connectivity index is 2.65. The molecule has 1 atom stereocenters. The van der Waals surface area contributed by atoms with Crippen molar-refractivity contribution in [3.8, 4) is 0 Å². The summed E-state index contributed by atoms with van der Waals surface area (Å²) in [6.45, 7) is 7.04. The first kappa shape index (κ1) is 17.3. The average Bonchev–Trinajstić information content (AvgIpc) is 2.50. The van der Waals surface area contributed by atoms with Crippen LogP contribution in [0.15, 0.2) is 0 Å². The smallest absolute Gasteiger partial charge is 0.318 e. The van der Waals surface area contributed by atoms with Crippen molar-refractivity contribution in [3.63, 3.8) is 0 Å². The summed E-state index contributed by atoms with van der Waals surface area (Å²) in [4.78, 5) is 36.0. The molecular weight excluding hydrogens is 274 g/mol. The van der Waals surface area contributed by atoms with Crippen molar-refractivity contribution < 1.29 is 19.5 Å². The van der Waals surface area contributed by atoms with Gasteiger partial charge in [0.1, 0.15) is 6.54 Å². The van der Waals surface area contributed by atoms with Crippen molar-refractivity contribution in [2.24, 2.45) is 5.41 Å². The van der Waals surface area contributed by atoms with Crippen molar-refractivity contribution in [2.45, 2.75) is 46.1 Å². The first-order chi connectivity index (χ1) is 9.67. The van der Waals surface area contributed by atoms with Crippen LogP contribution in [0, 0.1) is 5.41 Å². The summed E-state index contributed by atoms with van der Waals surface area (Å²) in [7, 11) is 0. The third kappa shape index (κ3) is 6.97. The van der Waals surface area contributed by atoms with Gasteiger partial charge in [-0.2, -0.15) is 0 Å². The first-order valence-electron chi connectivity index (χ1n) is 7.21. The Labute approximate surface area is 125 Å². The molecule has 1 saturated heterocycles. The summed E-state index contributed by atoms with van der Waals surface area (Å²) in [5.74, 6) is -1.13. The monoisotopic (exact) mass is 299 g/mol. The number of nitrogens with one attached hydrogen (secondary N) is 2. The molecule has 1 unspecified atom stereocenters. The lowest BCUT2D eigenvalue weighted by atomic mass is 9.87. The van der Waals surface area contributed by atoms with Gasteiger partial charge in [0.15, 0.2) is 0 Å². The van der Waals surface area contributed by atoms with E-state index in [1.54, 1.807) is 0 Å². The summed E-state index contributed by atoms with van der Waals surface area (Å²) < 4.78 is 0. The molecule has 7 heteroatoms. The standard InChI is InChI=1S/C14H25N3O4/c1-14(2,3)8-10(7-12(19)20)16-13(21)17-6-4-5-15-11(18)9-17/h10H,4-9H2,1-3H3,(H,15,18)(H,16,21)(H,19,20). The quantitative estimate of drug-likeness (QED) is 0.715. The highest BCUT2D eigenvalue weighted by Crippen LogP contribution is 2.22. The van der Waals surface area contributed by atoms with Crippen LogP contribution in [0.3, 0.4) is 0 Å². The number of carboxylic acid groups (broad SMARTS) is 1. The molecule has 21 heavy (non-hydrogen) atoms. The zero-order valence-electron chi connectivity index (χ0n) is 12.9. The lowest BCUT2D eigenvalue weighted by Crippen LogP contribution is -2.48. The van der Waals surface area contributed by atoms with Gasteiger partial charge in [0, 0.05) is 19.1 Å². The van der Waals surface area contributed by atoms with Crippen LogP contribution in [0.5, 0.6) is 0 Å². The largest absolute Gasteiger partial charge is 0.481 e. The number of aliphatic carboxylic acids is 1. The molecule has 0 radical (unpaired) electrons. The molecule has 1 heterocycles. The Hall–Kier alpha value is -1.79. The van der Waals surface area contributed by atoms with Crippen molar-refractivity contribution in [3.05, 3.63) is 0 Å². The molecule has 0 saturated carbocycles. The van der Waals surface area contributed by atoms with Gasteiger partial charge in [-0.25, -0.2) is 4.79 Å². The number of carbonyl (C=O) groups excluding carboxylic acids is 2. The number of nitrogens with zero attached hydrogens (tertiary/aromatic N) is 1. The second-order valence-electron chi connectivity index (χ2n) is 6.63. The van der Waals surface area contributed by atoms with Crippen molar-refractivity contribution in [2.75, 3.05) is 19.6 Å². The highest BCUT2D eigenvalue weighted by Gasteiger charge is 2.26. The summed E-state index contributed by atoms with van der Waals surface area (Å²) in [5.41, 5.74) is -0.0937. The summed E-state index contributed by atoms with van der Waals surface area (Å²) in [5, 5.41) is 14.4. The van der Waals surface area contributed by atoms with Crippen LogP contribution in [-0.2, 0) is 9.59 Å². The van der Waals surface area contributed by atoms with Gasteiger partial charge in [-0.05, 0) is 18.3 Å². The van der Waals surface area contributed by atoms with Gasteiger partial charge in [-0.3, -0.25) is 9.59 Å². The zero-order valence-corrected chi connectivity index (χ0v) is 12.9. The van der Waals surface area contributed by atoms with E-state index in [9.17, 15) is 14.4 Å². The molecule has 1 aliphatic heterocycles. The van der Waals surface area contributed by atoms with Gasteiger partial charge in [0.05, 0.1) is 6.42 Å². The number of urea groups is 1. The van der Waals surface area contributed by atoms with Gasteiger partial charge in [-0.15, -0.1) is 0 Å². The van der Waals surface area contributed by atoms with E-state index in [0.29, 0.717) is 25.9 Å². The molecule has 0 aromatic rings. The Morgan fingerprint density at radius 2 is 2.10 bits per heavy atom. The van der Waals surface area contributed by atoms with E-state index in [2.05, 4.69) is 10.6 Å². The molecule has 1 aliphatic rings. The van der Waals surface area contributed by atoms with E-state index in [0.717, 1.165) is 0 Å². The van der Waals surface area contributed by atoms with Crippen LogP contribution in [0.2, 0.25) is 0 Å². The van der Waals surface area contributed by atoms with Crippen LogP contribution in [0.1, 0.15) is 40.0 Å². The number of amides is 3. The fourth-order valence-corrected chi connectivity index (χ4v) is 2.37. The molecule has 3 amide bonds. The Bertz CT molecular complexity index is 404. The average molecular weight is 299 g/mol. The lowest BCUT2D eigenvalue weighted by Gasteiger charge is -2.28. The Morgan fingerprint density at radius 3 is 2.67 bits per heavy atom. The molecule has 120 valence electrons. The maximum Gasteiger partial charge on any atom is 0.318 e. The molecule has 1 rings (SSSR count). The minimum absolute atomic E-state index is 0.0150. The van der Waals surface area contributed by atoms with Crippen LogP contribution < -0.4 is 10.6 Å². The molecular formula is C14H25N3O4. The van der Waals surface area contributed by atoms with E-state index in [1.165, 1.54) is 4.90 Å². The second-order valence-corrected chi connectivity index (χ2v) is 6.63. The second kappa shape index (κ2) is 7.28. The van der Waals surface area contributed by atoms with Gasteiger partial charge in [0.2, 0.25) is 5.91 Å². The van der Waals surface area contributed by atoms with Gasteiger partial charge < -0.3 is 20.6 Å². The van der Waals surface area contributed by atoms with Gasteiger partial charge in [0.25, 0.3) is 0 Å². The first-order valence-corrected chi connectivity index (χ1v) is 7.21. The van der Waals surface area contributed by atoms with Crippen LogP contribution in [0.4, 0.5) is 4.79 Å². The normalized spacial score (nSPS) is 17.7. The maximum atomic E-state index is 12.2. The molecule has 0 aromatic carbocycles. The molecule has 0 bridgehead atoms. The Morgan fingerprint density at radius 1 is 1.43 bits per heavy atom. The SMILES string of the molecule is CC(C)(C)CC(CC(=O)O)NC(=O)N1CCCNC(=O)C1. The van der Waals surface area contributed by atoms with E-state index in [4.69, 9.17) is 5.11 Å². The molecule has 0 spiro atoms. The molecule has 0 aromatic heterocycles. The van der Waals surface area contributed by atoms with E-state index < -0.39 is 12.0 Å². The minimum Gasteiger partial charge on any atom is -0.481 e. The van der Waals surface area contributed by atoms with Crippen LogP contribution in [0.25, 0.3) is 0 Å². The van der Waals surface area contributed by atoms with Gasteiger partial charge >= 0.3 is 12.0 Å². The number of rotatable bonds is 4.